The van der Waals surface area contributed by atoms with Gasteiger partial charge in [-0.2, -0.15) is 0 Å². The first-order valence-electron chi connectivity index (χ1n) is 11.9. The number of ether oxygens (including phenoxy) is 1. The number of piperidine rings is 1. The summed E-state index contributed by atoms with van der Waals surface area (Å²) < 4.78 is 7.15. The van der Waals surface area contributed by atoms with E-state index in [2.05, 4.69) is 16.1 Å². The maximum Gasteiger partial charge on any atom is 0.277 e. The SMILES string of the molecule is CC(C)C(=O)N1CCc2nc3cc(C4CCN(CC5=CCCOC5)CC4)[nH]n3c(=O)c2C1. The zero-order valence-electron chi connectivity index (χ0n) is 19.1. The van der Waals surface area contributed by atoms with E-state index in [9.17, 15) is 9.59 Å². The number of hydrogen-bond donors (Lipinski definition) is 1. The molecule has 0 saturated carbocycles. The van der Waals surface area contributed by atoms with E-state index in [1.807, 2.05) is 19.9 Å². The van der Waals surface area contributed by atoms with Crippen molar-refractivity contribution in [3.8, 4) is 0 Å². The minimum absolute atomic E-state index is 0.0686. The van der Waals surface area contributed by atoms with Crippen LogP contribution in [0.15, 0.2) is 22.5 Å². The quantitative estimate of drug-likeness (QED) is 0.738. The Kier molecular flexibility index (Phi) is 5.90. The number of H-pyrrole nitrogens is 1. The highest BCUT2D eigenvalue weighted by Crippen LogP contribution is 2.28. The van der Waals surface area contributed by atoms with Crippen molar-refractivity contribution in [2.75, 3.05) is 39.4 Å². The number of aromatic nitrogens is 3. The van der Waals surface area contributed by atoms with Gasteiger partial charge in [-0.3, -0.25) is 19.6 Å². The molecule has 1 N–H and O–H groups in total. The standard InChI is InChI=1S/C24H33N5O3/c1-16(2)23(30)28-10-7-20-19(14-28)24(31)29-22(25-20)12-21(26-29)18-5-8-27(9-6-18)13-17-4-3-11-32-15-17/h4,12,16,18,26H,3,5-11,13-15H2,1-2H3. The van der Waals surface area contributed by atoms with E-state index in [1.165, 1.54) is 5.57 Å². The van der Waals surface area contributed by atoms with Gasteiger partial charge in [0.15, 0.2) is 5.65 Å². The summed E-state index contributed by atoms with van der Waals surface area (Å²) in [5.74, 6) is 0.426. The molecule has 172 valence electrons. The number of carbonyl (C=O) groups excluding carboxylic acids is 1. The molecule has 1 saturated heterocycles. The molecule has 8 nitrogen and oxygen atoms in total. The third-order valence-electron chi connectivity index (χ3n) is 7.02. The molecule has 5 heterocycles. The fourth-order valence-electron chi connectivity index (χ4n) is 5.17. The average Bonchev–Trinajstić information content (AvgIpc) is 3.24. The summed E-state index contributed by atoms with van der Waals surface area (Å²) in [6.07, 6.45) is 6.11. The molecule has 2 aromatic rings. The summed E-state index contributed by atoms with van der Waals surface area (Å²) in [4.78, 5) is 34.7. The van der Waals surface area contributed by atoms with Crippen molar-refractivity contribution in [1.29, 1.82) is 0 Å². The first-order chi connectivity index (χ1) is 15.5. The molecule has 0 aliphatic carbocycles. The molecule has 1 amide bonds. The van der Waals surface area contributed by atoms with E-state index < -0.39 is 0 Å². The molecule has 3 aliphatic heterocycles. The molecule has 2 aromatic heterocycles. The number of likely N-dealkylation sites (tertiary alicyclic amines) is 1. The van der Waals surface area contributed by atoms with Gasteiger partial charge in [0.25, 0.3) is 5.56 Å². The number of fused-ring (bicyclic) bond motifs is 2. The predicted octanol–water partition coefficient (Wildman–Crippen LogP) is 2.09. The van der Waals surface area contributed by atoms with Crippen LogP contribution in [0, 0.1) is 5.92 Å². The summed E-state index contributed by atoms with van der Waals surface area (Å²) >= 11 is 0. The van der Waals surface area contributed by atoms with Gasteiger partial charge in [-0.05, 0) is 37.9 Å². The highest BCUT2D eigenvalue weighted by Gasteiger charge is 2.28. The number of nitrogens with one attached hydrogen (secondary N) is 1. The van der Waals surface area contributed by atoms with Gasteiger partial charge >= 0.3 is 0 Å². The number of nitrogens with zero attached hydrogens (tertiary/aromatic N) is 4. The monoisotopic (exact) mass is 439 g/mol. The largest absolute Gasteiger partial charge is 0.377 e. The fraction of sp³-hybridized carbons (Fsp3) is 0.625. The lowest BCUT2D eigenvalue weighted by Gasteiger charge is -2.32. The summed E-state index contributed by atoms with van der Waals surface area (Å²) in [6.45, 7) is 9.47. The average molecular weight is 440 g/mol. The van der Waals surface area contributed by atoms with E-state index in [1.54, 1.807) is 9.42 Å². The molecular weight excluding hydrogens is 406 g/mol. The Morgan fingerprint density at radius 2 is 2.09 bits per heavy atom. The minimum Gasteiger partial charge on any atom is -0.377 e. The minimum atomic E-state index is -0.0702. The highest BCUT2D eigenvalue weighted by atomic mass is 16.5. The van der Waals surface area contributed by atoms with E-state index >= 15 is 0 Å². The lowest BCUT2D eigenvalue weighted by Crippen LogP contribution is -2.41. The van der Waals surface area contributed by atoms with Gasteiger partial charge in [-0.25, -0.2) is 9.50 Å². The molecule has 3 aliphatic rings. The highest BCUT2D eigenvalue weighted by molar-refractivity contribution is 5.78. The van der Waals surface area contributed by atoms with Crippen LogP contribution >= 0.6 is 0 Å². The summed E-state index contributed by atoms with van der Waals surface area (Å²) in [7, 11) is 0. The topological polar surface area (TPSA) is 82.9 Å². The molecule has 0 bridgehead atoms. The van der Waals surface area contributed by atoms with E-state index in [-0.39, 0.29) is 17.4 Å². The van der Waals surface area contributed by atoms with Gasteiger partial charge in [0.05, 0.1) is 31.0 Å². The summed E-state index contributed by atoms with van der Waals surface area (Å²) in [5, 5.41) is 3.34. The van der Waals surface area contributed by atoms with E-state index in [4.69, 9.17) is 9.72 Å². The third-order valence-corrected chi connectivity index (χ3v) is 7.02. The lowest BCUT2D eigenvalue weighted by molar-refractivity contribution is -0.135. The number of carbonyl (C=O) groups is 1. The van der Waals surface area contributed by atoms with Gasteiger partial charge in [0.1, 0.15) is 0 Å². The zero-order chi connectivity index (χ0) is 22.2. The summed E-state index contributed by atoms with van der Waals surface area (Å²) in [6, 6.07) is 2.05. The van der Waals surface area contributed by atoms with Crippen molar-refractivity contribution in [2.24, 2.45) is 5.92 Å². The Bertz CT molecular complexity index is 1090. The number of amides is 1. The molecule has 0 atom stereocenters. The van der Waals surface area contributed by atoms with Crippen molar-refractivity contribution < 1.29 is 9.53 Å². The molecule has 1 fully saturated rings. The summed E-state index contributed by atoms with van der Waals surface area (Å²) in [5.41, 5.74) is 4.59. The van der Waals surface area contributed by atoms with Crippen molar-refractivity contribution in [2.45, 2.75) is 52.0 Å². The van der Waals surface area contributed by atoms with Crippen molar-refractivity contribution in [1.82, 2.24) is 24.4 Å². The molecule has 0 unspecified atom stereocenters. The molecular formula is C24H33N5O3. The Labute approximate surface area is 188 Å². The van der Waals surface area contributed by atoms with Crippen LogP contribution in [-0.2, 0) is 22.5 Å². The third kappa shape index (κ3) is 4.13. The van der Waals surface area contributed by atoms with Crippen LogP contribution in [0.5, 0.6) is 0 Å². The van der Waals surface area contributed by atoms with Gasteiger partial charge < -0.3 is 9.64 Å². The Morgan fingerprint density at radius 1 is 1.28 bits per heavy atom. The molecule has 5 rings (SSSR count). The van der Waals surface area contributed by atoms with E-state index in [0.717, 1.165) is 63.5 Å². The maximum atomic E-state index is 13.2. The second kappa shape index (κ2) is 8.83. The van der Waals surface area contributed by atoms with Crippen molar-refractivity contribution >= 4 is 11.6 Å². The Hall–Kier alpha value is -2.45. The molecule has 0 spiro atoms. The Morgan fingerprint density at radius 3 is 2.81 bits per heavy atom. The zero-order valence-corrected chi connectivity index (χ0v) is 19.1. The van der Waals surface area contributed by atoms with Gasteiger partial charge in [0, 0.05) is 43.1 Å². The smallest absolute Gasteiger partial charge is 0.277 e. The van der Waals surface area contributed by atoms with Crippen LogP contribution in [0.25, 0.3) is 5.65 Å². The fourth-order valence-corrected chi connectivity index (χ4v) is 5.17. The van der Waals surface area contributed by atoms with Crippen LogP contribution < -0.4 is 5.56 Å². The number of rotatable bonds is 4. The van der Waals surface area contributed by atoms with Crippen LogP contribution in [0.1, 0.15) is 56.0 Å². The van der Waals surface area contributed by atoms with Crippen LogP contribution in [0.2, 0.25) is 0 Å². The van der Waals surface area contributed by atoms with Crippen LogP contribution in [0.4, 0.5) is 0 Å². The Balaban J connectivity index is 1.30. The number of aromatic amines is 1. The predicted molar refractivity (Wildman–Crippen MR) is 122 cm³/mol. The molecule has 8 heteroatoms. The van der Waals surface area contributed by atoms with Crippen molar-refractivity contribution in [3.63, 3.8) is 0 Å². The normalized spacial score (nSPS) is 20.6. The molecule has 0 aromatic carbocycles. The first kappa shape index (κ1) is 21.4. The number of hydrogen-bond acceptors (Lipinski definition) is 5. The van der Waals surface area contributed by atoms with Gasteiger partial charge in [-0.1, -0.05) is 19.9 Å². The van der Waals surface area contributed by atoms with Crippen LogP contribution in [0.3, 0.4) is 0 Å². The van der Waals surface area contributed by atoms with Crippen LogP contribution in [-0.4, -0.2) is 69.7 Å². The maximum absolute atomic E-state index is 13.2. The first-order valence-corrected chi connectivity index (χ1v) is 11.9. The molecule has 32 heavy (non-hydrogen) atoms. The van der Waals surface area contributed by atoms with Crippen molar-refractivity contribution in [3.05, 3.63) is 45.0 Å². The van der Waals surface area contributed by atoms with Gasteiger partial charge in [0.2, 0.25) is 5.91 Å². The second-order valence-corrected chi connectivity index (χ2v) is 9.67. The molecule has 0 radical (unpaired) electrons. The van der Waals surface area contributed by atoms with E-state index in [0.29, 0.717) is 36.6 Å². The van der Waals surface area contributed by atoms with Gasteiger partial charge in [-0.15, -0.1) is 0 Å². The lowest BCUT2D eigenvalue weighted by atomic mass is 9.93. The second-order valence-electron chi connectivity index (χ2n) is 9.67.